The molecular formula is C11H10BrFN4O2. The molecule has 0 unspecified atom stereocenters. The Bertz CT molecular complexity index is 589. The Labute approximate surface area is 116 Å². The first-order valence-corrected chi connectivity index (χ1v) is 6.15. The Kier molecular flexibility index (Phi) is 4.10. The number of aromatic nitrogens is 2. The predicted octanol–water partition coefficient (Wildman–Crippen LogP) is 1.53. The molecule has 0 saturated heterocycles. The average Bonchev–Trinajstić information content (AvgIpc) is 2.86. The molecule has 0 aliphatic heterocycles. The van der Waals surface area contributed by atoms with Crippen LogP contribution in [0.3, 0.4) is 0 Å². The Balaban J connectivity index is 1.98. The molecule has 0 radical (unpaired) electrons. The van der Waals surface area contributed by atoms with E-state index < -0.39 is 5.82 Å². The first kappa shape index (κ1) is 13.5. The van der Waals surface area contributed by atoms with E-state index in [1.807, 2.05) is 0 Å². The first-order chi connectivity index (χ1) is 9.08. The van der Waals surface area contributed by atoms with Gasteiger partial charge < -0.3 is 15.6 Å². The SMILES string of the molecule is Nc1cc(C(=O)NCCc2ncno2)c(Br)cc1F. The van der Waals surface area contributed by atoms with Gasteiger partial charge in [-0.2, -0.15) is 4.98 Å². The normalized spacial score (nSPS) is 10.4. The summed E-state index contributed by atoms with van der Waals surface area (Å²) in [5.74, 6) is -0.509. The number of benzene rings is 1. The van der Waals surface area contributed by atoms with Gasteiger partial charge in [0.2, 0.25) is 5.89 Å². The lowest BCUT2D eigenvalue weighted by atomic mass is 10.2. The fourth-order valence-electron chi connectivity index (χ4n) is 1.42. The molecule has 1 amide bonds. The number of rotatable bonds is 4. The zero-order valence-corrected chi connectivity index (χ0v) is 11.3. The molecule has 3 N–H and O–H groups in total. The minimum absolute atomic E-state index is 0.0785. The fraction of sp³-hybridized carbons (Fsp3) is 0.182. The van der Waals surface area contributed by atoms with Crippen molar-refractivity contribution in [2.24, 2.45) is 0 Å². The number of anilines is 1. The van der Waals surface area contributed by atoms with E-state index >= 15 is 0 Å². The maximum Gasteiger partial charge on any atom is 0.252 e. The van der Waals surface area contributed by atoms with Gasteiger partial charge in [-0.3, -0.25) is 4.79 Å². The van der Waals surface area contributed by atoms with E-state index in [0.717, 1.165) is 6.07 Å². The number of nitrogen functional groups attached to an aromatic ring is 1. The summed E-state index contributed by atoms with van der Waals surface area (Å²) in [6.45, 7) is 0.324. The number of nitrogens with zero attached hydrogens (tertiary/aromatic N) is 2. The van der Waals surface area contributed by atoms with Gasteiger partial charge in [0, 0.05) is 17.4 Å². The third-order valence-electron chi connectivity index (χ3n) is 2.36. The van der Waals surface area contributed by atoms with E-state index in [1.54, 1.807) is 0 Å². The van der Waals surface area contributed by atoms with Crippen molar-refractivity contribution in [3.63, 3.8) is 0 Å². The summed E-state index contributed by atoms with van der Waals surface area (Å²) in [6.07, 6.45) is 1.70. The number of carbonyl (C=O) groups excluding carboxylic acids is 1. The van der Waals surface area contributed by atoms with Gasteiger partial charge in [0.05, 0.1) is 11.3 Å². The molecule has 8 heteroatoms. The topological polar surface area (TPSA) is 94.0 Å². The molecule has 19 heavy (non-hydrogen) atoms. The van der Waals surface area contributed by atoms with E-state index in [1.165, 1.54) is 12.4 Å². The van der Waals surface area contributed by atoms with E-state index in [4.69, 9.17) is 10.3 Å². The van der Waals surface area contributed by atoms with Crippen LogP contribution < -0.4 is 11.1 Å². The molecule has 0 atom stereocenters. The molecule has 0 aliphatic rings. The van der Waals surface area contributed by atoms with Crippen molar-refractivity contribution in [2.75, 3.05) is 12.3 Å². The van der Waals surface area contributed by atoms with Crippen LogP contribution in [0.4, 0.5) is 10.1 Å². The second-order valence-corrected chi connectivity index (χ2v) is 4.55. The van der Waals surface area contributed by atoms with Crippen molar-refractivity contribution in [2.45, 2.75) is 6.42 Å². The number of nitrogens with one attached hydrogen (secondary N) is 1. The summed E-state index contributed by atoms with van der Waals surface area (Å²) in [5.41, 5.74) is 5.61. The highest BCUT2D eigenvalue weighted by molar-refractivity contribution is 9.10. The van der Waals surface area contributed by atoms with Crippen molar-refractivity contribution in [3.8, 4) is 0 Å². The lowest BCUT2D eigenvalue weighted by Gasteiger charge is -2.07. The standard InChI is InChI=1S/C11H10BrFN4O2/c12-7-4-8(13)9(14)3-6(7)11(18)15-2-1-10-16-5-17-19-10/h3-5H,1-2,14H2,(H,15,18). The highest BCUT2D eigenvalue weighted by atomic mass is 79.9. The van der Waals surface area contributed by atoms with Crippen LogP contribution in [0.15, 0.2) is 27.5 Å². The van der Waals surface area contributed by atoms with Gasteiger partial charge in [-0.15, -0.1) is 0 Å². The maximum atomic E-state index is 13.1. The summed E-state index contributed by atoms with van der Waals surface area (Å²) in [4.78, 5) is 15.7. The molecule has 1 aromatic heterocycles. The molecule has 2 aromatic rings. The molecule has 100 valence electrons. The smallest absolute Gasteiger partial charge is 0.252 e. The number of nitrogens with two attached hydrogens (primary N) is 1. The van der Waals surface area contributed by atoms with Crippen LogP contribution >= 0.6 is 15.9 Å². The fourth-order valence-corrected chi connectivity index (χ4v) is 1.92. The van der Waals surface area contributed by atoms with Gasteiger partial charge in [0.15, 0.2) is 6.33 Å². The summed E-state index contributed by atoms with van der Waals surface area (Å²) in [5, 5.41) is 6.10. The largest absolute Gasteiger partial charge is 0.396 e. The second kappa shape index (κ2) is 5.79. The minimum atomic E-state index is -0.575. The van der Waals surface area contributed by atoms with Crippen LogP contribution in [0.2, 0.25) is 0 Å². The lowest BCUT2D eigenvalue weighted by molar-refractivity contribution is 0.0952. The zero-order chi connectivity index (χ0) is 13.8. The van der Waals surface area contributed by atoms with Gasteiger partial charge >= 0.3 is 0 Å². The lowest BCUT2D eigenvalue weighted by Crippen LogP contribution is -2.26. The van der Waals surface area contributed by atoms with Crippen LogP contribution in [0, 0.1) is 5.82 Å². The molecule has 6 nitrogen and oxygen atoms in total. The number of amides is 1. The van der Waals surface area contributed by atoms with Crippen molar-refractivity contribution in [1.82, 2.24) is 15.5 Å². The number of halogens is 2. The van der Waals surface area contributed by atoms with Gasteiger partial charge in [-0.05, 0) is 28.1 Å². The molecule has 2 rings (SSSR count). The van der Waals surface area contributed by atoms with Crippen molar-refractivity contribution >= 4 is 27.5 Å². The summed E-state index contributed by atoms with van der Waals surface area (Å²) in [6, 6.07) is 2.43. The second-order valence-electron chi connectivity index (χ2n) is 3.69. The van der Waals surface area contributed by atoms with Crippen LogP contribution in [-0.2, 0) is 6.42 Å². The van der Waals surface area contributed by atoms with E-state index in [9.17, 15) is 9.18 Å². The van der Waals surface area contributed by atoms with Crippen molar-refractivity contribution in [3.05, 3.63) is 40.2 Å². The molecule has 1 heterocycles. The van der Waals surface area contributed by atoms with E-state index in [2.05, 4.69) is 31.4 Å². The van der Waals surface area contributed by atoms with Gasteiger partial charge in [-0.25, -0.2) is 4.39 Å². The quantitative estimate of drug-likeness (QED) is 0.830. The molecule has 0 spiro atoms. The molecule has 0 saturated carbocycles. The zero-order valence-electron chi connectivity index (χ0n) is 9.69. The predicted molar refractivity (Wildman–Crippen MR) is 68.8 cm³/mol. The third kappa shape index (κ3) is 3.28. The van der Waals surface area contributed by atoms with E-state index in [0.29, 0.717) is 23.3 Å². The Morgan fingerprint density at radius 1 is 1.53 bits per heavy atom. The van der Waals surface area contributed by atoms with Crippen LogP contribution in [-0.4, -0.2) is 22.6 Å². The Hall–Kier alpha value is -1.96. The highest BCUT2D eigenvalue weighted by Gasteiger charge is 2.13. The number of hydrogen-bond donors (Lipinski definition) is 2. The van der Waals surface area contributed by atoms with Gasteiger partial charge in [0.25, 0.3) is 5.91 Å². The first-order valence-electron chi connectivity index (χ1n) is 5.36. The number of hydrogen-bond acceptors (Lipinski definition) is 5. The molecular weight excluding hydrogens is 319 g/mol. The molecule has 0 bridgehead atoms. The Morgan fingerprint density at radius 2 is 2.32 bits per heavy atom. The van der Waals surface area contributed by atoms with Crippen molar-refractivity contribution in [1.29, 1.82) is 0 Å². The number of carbonyl (C=O) groups is 1. The van der Waals surface area contributed by atoms with Crippen LogP contribution in [0.25, 0.3) is 0 Å². The summed E-state index contributed by atoms with van der Waals surface area (Å²) >= 11 is 3.12. The monoisotopic (exact) mass is 328 g/mol. The maximum absolute atomic E-state index is 13.1. The molecule has 0 fully saturated rings. The van der Waals surface area contributed by atoms with Crippen molar-refractivity contribution < 1.29 is 13.7 Å². The summed E-state index contributed by atoms with van der Waals surface area (Å²) in [7, 11) is 0. The van der Waals surface area contributed by atoms with E-state index in [-0.39, 0.29) is 17.2 Å². The van der Waals surface area contributed by atoms with Gasteiger partial charge in [0.1, 0.15) is 5.82 Å². The molecule has 1 aromatic carbocycles. The Morgan fingerprint density at radius 3 is 3.00 bits per heavy atom. The molecule has 0 aliphatic carbocycles. The van der Waals surface area contributed by atoms with Crippen LogP contribution in [0.5, 0.6) is 0 Å². The summed E-state index contributed by atoms with van der Waals surface area (Å²) < 4.78 is 18.3. The van der Waals surface area contributed by atoms with Gasteiger partial charge in [-0.1, -0.05) is 5.16 Å². The average molecular weight is 329 g/mol. The highest BCUT2D eigenvalue weighted by Crippen LogP contribution is 2.22. The van der Waals surface area contributed by atoms with Crippen LogP contribution in [0.1, 0.15) is 16.2 Å². The minimum Gasteiger partial charge on any atom is -0.396 e. The third-order valence-corrected chi connectivity index (χ3v) is 3.02.